The number of hydrogen-bond donors (Lipinski definition) is 1. The van der Waals surface area contributed by atoms with Crippen LogP contribution < -0.4 is 14.4 Å². The number of ether oxygens (including phenoxy) is 1. The van der Waals surface area contributed by atoms with Crippen LogP contribution in [0.2, 0.25) is 0 Å². The Morgan fingerprint density at radius 2 is 2.05 bits per heavy atom. The lowest BCUT2D eigenvalue weighted by molar-refractivity contribution is -0.128. The van der Waals surface area contributed by atoms with Gasteiger partial charge in [-0.3, -0.25) is 9.10 Å². The van der Waals surface area contributed by atoms with E-state index in [9.17, 15) is 13.2 Å². The molecular formula is C13H18N2O4S. The Kier molecular flexibility index (Phi) is 3.89. The van der Waals surface area contributed by atoms with Crippen LogP contribution in [0, 0.1) is 0 Å². The molecule has 7 heteroatoms. The number of sulfonamides is 1. The monoisotopic (exact) mass is 298 g/mol. The molecule has 0 saturated heterocycles. The second-order valence-electron chi connectivity index (χ2n) is 5.03. The van der Waals surface area contributed by atoms with Crippen molar-refractivity contribution in [2.45, 2.75) is 26.0 Å². The standard InChI is InChI=1S/C13H18N2O4S/c1-9(2)14-13(16)12-8-15(20(3,17)18)10-6-4-5-7-11(10)19-12/h4-7,9,12H,8H2,1-3H3,(H,14,16). The molecule has 1 heterocycles. The number of hydrogen-bond acceptors (Lipinski definition) is 4. The highest BCUT2D eigenvalue weighted by Crippen LogP contribution is 2.34. The summed E-state index contributed by atoms with van der Waals surface area (Å²) in [7, 11) is -3.46. The largest absolute Gasteiger partial charge is 0.476 e. The van der Waals surface area contributed by atoms with Gasteiger partial charge in [0.15, 0.2) is 6.10 Å². The van der Waals surface area contributed by atoms with E-state index < -0.39 is 16.1 Å². The van der Waals surface area contributed by atoms with E-state index in [1.165, 1.54) is 4.31 Å². The van der Waals surface area contributed by atoms with Crippen LogP contribution in [0.25, 0.3) is 0 Å². The van der Waals surface area contributed by atoms with Crippen LogP contribution in [0.3, 0.4) is 0 Å². The highest BCUT2D eigenvalue weighted by atomic mass is 32.2. The van der Waals surface area contributed by atoms with Gasteiger partial charge < -0.3 is 10.1 Å². The molecule has 1 N–H and O–H groups in total. The Balaban J connectivity index is 2.34. The summed E-state index contributed by atoms with van der Waals surface area (Å²) in [5.74, 6) is 0.0798. The molecule has 0 spiro atoms. The molecule has 20 heavy (non-hydrogen) atoms. The summed E-state index contributed by atoms with van der Waals surface area (Å²) < 4.78 is 30.6. The molecule has 1 aliphatic rings. The summed E-state index contributed by atoms with van der Waals surface area (Å²) in [4.78, 5) is 12.0. The van der Waals surface area contributed by atoms with Gasteiger partial charge in [-0.1, -0.05) is 12.1 Å². The third kappa shape index (κ3) is 3.04. The molecule has 110 valence electrons. The Hall–Kier alpha value is -1.76. The van der Waals surface area contributed by atoms with E-state index in [0.717, 1.165) is 6.26 Å². The summed E-state index contributed by atoms with van der Waals surface area (Å²) in [6.07, 6.45) is 0.272. The van der Waals surface area contributed by atoms with Crippen LogP contribution in [0.5, 0.6) is 5.75 Å². The maximum atomic E-state index is 12.0. The van der Waals surface area contributed by atoms with Crippen molar-refractivity contribution in [3.05, 3.63) is 24.3 Å². The number of nitrogens with one attached hydrogen (secondary N) is 1. The second-order valence-corrected chi connectivity index (χ2v) is 6.94. The van der Waals surface area contributed by atoms with E-state index in [1.807, 2.05) is 13.8 Å². The van der Waals surface area contributed by atoms with E-state index >= 15 is 0 Å². The third-order valence-electron chi connectivity index (χ3n) is 2.86. The number of carbonyl (C=O) groups excluding carboxylic acids is 1. The fraction of sp³-hybridized carbons (Fsp3) is 0.462. The van der Waals surface area contributed by atoms with Crippen molar-refractivity contribution in [1.29, 1.82) is 0 Å². The predicted molar refractivity (Wildman–Crippen MR) is 76.3 cm³/mol. The van der Waals surface area contributed by atoms with Gasteiger partial charge in [0.1, 0.15) is 5.75 Å². The first-order valence-corrected chi connectivity index (χ1v) is 8.17. The first-order valence-electron chi connectivity index (χ1n) is 6.33. The van der Waals surface area contributed by atoms with Gasteiger partial charge in [-0.05, 0) is 26.0 Å². The average Bonchev–Trinajstić information content (AvgIpc) is 2.35. The predicted octanol–water partition coefficient (Wildman–Crippen LogP) is 0.738. The van der Waals surface area contributed by atoms with Crippen LogP contribution in [0.15, 0.2) is 24.3 Å². The Bertz CT molecular complexity index is 613. The third-order valence-corrected chi connectivity index (χ3v) is 4.00. The van der Waals surface area contributed by atoms with E-state index in [2.05, 4.69) is 5.32 Å². The van der Waals surface area contributed by atoms with Gasteiger partial charge in [0.25, 0.3) is 5.91 Å². The lowest BCUT2D eigenvalue weighted by atomic mass is 10.2. The van der Waals surface area contributed by atoms with Crippen molar-refractivity contribution in [2.24, 2.45) is 0 Å². The molecule has 0 aromatic heterocycles. The number of rotatable bonds is 3. The van der Waals surface area contributed by atoms with E-state index in [0.29, 0.717) is 11.4 Å². The zero-order chi connectivity index (χ0) is 14.9. The fourth-order valence-electron chi connectivity index (χ4n) is 2.03. The summed E-state index contributed by atoms with van der Waals surface area (Å²) in [5.41, 5.74) is 0.462. The normalized spacial score (nSPS) is 18.4. The number of para-hydroxylation sites is 2. The van der Waals surface area contributed by atoms with Crippen LogP contribution in [0.1, 0.15) is 13.8 Å². The van der Waals surface area contributed by atoms with E-state index in [4.69, 9.17) is 4.74 Å². The van der Waals surface area contributed by atoms with Crippen LogP contribution in [-0.4, -0.2) is 39.3 Å². The topological polar surface area (TPSA) is 75.7 Å². The quantitative estimate of drug-likeness (QED) is 0.893. The summed E-state index contributed by atoms with van der Waals surface area (Å²) in [6, 6.07) is 6.75. The lowest BCUT2D eigenvalue weighted by Gasteiger charge is -2.34. The molecule has 0 fully saturated rings. The lowest BCUT2D eigenvalue weighted by Crippen LogP contribution is -2.51. The second kappa shape index (κ2) is 5.32. The zero-order valence-corrected chi connectivity index (χ0v) is 12.5. The summed E-state index contributed by atoms with van der Waals surface area (Å²) >= 11 is 0. The minimum absolute atomic E-state index is 0.0194. The van der Waals surface area contributed by atoms with Gasteiger partial charge in [0.05, 0.1) is 18.5 Å². The van der Waals surface area contributed by atoms with Gasteiger partial charge in [0, 0.05) is 6.04 Å². The van der Waals surface area contributed by atoms with Crippen molar-refractivity contribution in [1.82, 2.24) is 5.32 Å². The Morgan fingerprint density at radius 1 is 1.40 bits per heavy atom. The molecule has 0 aliphatic carbocycles. The van der Waals surface area contributed by atoms with Gasteiger partial charge in [-0.15, -0.1) is 0 Å². The van der Waals surface area contributed by atoms with Crippen LogP contribution >= 0.6 is 0 Å². The molecular weight excluding hydrogens is 280 g/mol. The molecule has 1 amide bonds. The molecule has 1 aromatic carbocycles. The molecule has 0 saturated carbocycles. The first kappa shape index (κ1) is 14.6. The number of fused-ring (bicyclic) bond motifs is 1. The van der Waals surface area contributed by atoms with Crippen molar-refractivity contribution in [3.63, 3.8) is 0 Å². The smallest absolute Gasteiger partial charge is 0.263 e. The zero-order valence-electron chi connectivity index (χ0n) is 11.7. The average molecular weight is 298 g/mol. The Labute approximate surface area is 118 Å². The van der Waals surface area contributed by atoms with Crippen molar-refractivity contribution >= 4 is 21.6 Å². The van der Waals surface area contributed by atoms with Gasteiger partial charge in [-0.25, -0.2) is 8.42 Å². The molecule has 0 radical (unpaired) electrons. The maximum absolute atomic E-state index is 12.0. The van der Waals surface area contributed by atoms with E-state index in [-0.39, 0.29) is 18.5 Å². The highest BCUT2D eigenvalue weighted by Gasteiger charge is 2.34. The van der Waals surface area contributed by atoms with Gasteiger partial charge >= 0.3 is 0 Å². The van der Waals surface area contributed by atoms with Crippen molar-refractivity contribution in [2.75, 3.05) is 17.1 Å². The molecule has 2 rings (SSSR count). The number of benzene rings is 1. The molecule has 0 bridgehead atoms. The first-order chi connectivity index (χ1) is 9.29. The summed E-state index contributed by atoms with van der Waals surface area (Å²) in [6.45, 7) is 3.65. The van der Waals surface area contributed by atoms with E-state index in [1.54, 1.807) is 24.3 Å². The van der Waals surface area contributed by atoms with Gasteiger partial charge in [0.2, 0.25) is 10.0 Å². The maximum Gasteiger partial charge on any atom is 0.263 e. The summed E-state index contributed by atoms with van der Waals surface area (Å²) in [5, 5.41) is 2.73. The molecule has 1 atom stereocenters. The number of carbonyl (C=O) groups is 1. The minimum Gasteiger partial charge on any atom is -0.476 e. The van der Waals surface area contributed by atoms with Crippen molar-refractivity contribution < 1.29 is 17.9 Å². The minimum atomic E-state index is -3.46. The fourth-order valence-corrected chi connectivity index (χ4v) is 2.94. The molecule has 1 aliphatic heterocycles. The molecule has 6 nitrogen and oxygen atoms in total. The highest BCUT2D eigenvalue weighted by molar-refractivity contribution is 7.92. The molecule has 1 unspecified atom stereocenters. The van der Waals surface area contributed by atoms with Crippen molar-refractivity contribution in [3.8, 4) is 5.75 Å². The van der Waals surface area contributed by atoms with Gasteiger partial charge in [-0.2, -0.15) is 0 Å². The Morgan fingerprint density at radius 3 is 2.65 bits per heavy atom. The SMILES string of the molecule is CC(C)NC(=O)C1CN(S(C)(=O)=O)c2ccccc2O1. The number of nitrogens with zero attached hydrogens (tertiary/aromatic N) is 1. The van der Waals surface area contributed by atoms with Crippen LogP contribution in [0.4, 0.5) is 5.69 Å². The number of anilines is 1. The molecule has 1 aromatic rings. The van der Waals surface area contributed by atoms with Crippen LogP contribution in [-0.2, 0) is 14.8 Å². The number of amides is 1.